The SMILES string of the molecule is CCC(CCC(N)=O)n1c(=N)n(CC(=O)c2cc(C(C)(C)C)c(O)c(C(C)(C)C)c2)c2ccccc21. The third-order valence-electron chi connectivity index (χ3n) is 6.83. The molecule has 36 heavy (non-hydrogen) atoms. The molecule has 0 saturated carbocycles. The molecule has 1 aromatic heterocycles. The highest BCUT2D eigenvalue weighted by Gasteiger charge is 2.28. The van der Waals surface area contributed by atoms with Crippen molar-refractivity contribution in [2.24, 2.45) is 5.73 Å². The van der Waals surface area contributed by atoms with Crippen LogP contribution in [0.5, 0.6) is 5.75 Å². The molecule has 1 unspecified atom stereocenters. The standard InChI is InChI=1S/C29H40N4O3/c1-8-19(13-14-25(30)35)33-23-12-10-9-11-22(23)32(27(33)31)17-24(34)18-15-20(28(2,3)4)26(36)21(16-18)29(5,6)7/h9-12,15-16,19,31,36H,8,13-14,17H2,1-7H3,(H2,30,35). The summed E-state index contributed by atoms with van der Waals surface area (Å²) in [6, 6.07) is 11.2. The third kappa shape index (κ3) is 5.40. The van der Waals surface area contributed by atoms with Gasteiger partial charge in [-0.1, -0.05) is 60.6 Å². The van der Waals surface area contributed by atoms with Crippen LogP contribution in [0.4, 0.5) is 0 Å². The lowest BCUT2D eigenvalue weighted by Crippen LogP contribution is -2.30. The van der Waals surface area contributed by atoms with Crippen LogP contribution < -0.4 is 11.4 Å². The number of nitrogens with two attached hydrogens (primary N) is 1. The van der Waals surface area contributed by atoms with Gasteiger partial charge in [0, 0.05) is 29.2 Å². The summed E-state index contributed by atoms with van der Waals surface area (Å²) in [5.41, 5.74) is 8.53. The maximum atomic E-state index is 13.7. The maximum Gasteiger partial charge on any atom is 0.217 e. The number of imidazole rings is 1. The van der Waals surface area contributed by atoms with E-state index in [0.717, 1.165) is 28.6 Å². The fraction of sp³-hybridized carbons (Fsp3) is 0.483. The lowest BCUT2D eigenvalue weighted by atomic mass is 9.78. The first kappa shape index (κ1) is 27.2. The van der Waals surface area contributed by atoms with Crippen molar-refractivity contribution in [1.82, 2.24) is 9.13 Å². The van der Waals surface area contributed by atoms with E-state index < -0.39 is 0 Å². The molecule has 0 spiro atoms. The second kappa shape index (κ2) is 9.96. The molecule has 1 amide bonds. The summed E-state index contributed by atoms with van der Waals surface area (Å²) in [5.74, 6) is -0.258. The quantitative estimate of drug-likeness (QED) is 0.370. The average molecular weight is 493 g/mol. The summed E-state index contributed by atoms with van der Waals surface area (Å²) in [7, 11) is 0. The van der Waals surface area contributed by atoms with E-state index in [1.54, 1.807) is 16.7 Å². The zero-order valence-electron chi connectivity index (χ0n) is 22.6. The van der Waals surface area contributed by atoms with Crippen molar-refractivity contribution >= 4 is 22.7 Å². The van der Waals surface area contributed by atoms with Crippen molar-refractivity contribution in [3.63, 3.8) is 0 Å². The molecule has 0 saturated heterocycles. The Morgan fingerprint density at radius 1 is 1.00 bits per heavy atom. The minimum Gasteiger partial charge on any atom is -0.507 e. The molecule has 1 heterocycles. The van der Waals surface area contributed by atoms with E-state index in [1.807, 2.05) is 77.3 Å². The van der Waals surface area contributed by atoms with Crippen LogP contribution in [0, 0.1) is 5.41 Å². The number of rotatable bonds is 8. The molecule has 0 bridgehead atoms. The molecule has 3 rings (SSSR count). The van der Waals surface area contributed by atoms with Crippen molar-refractivity contribution in [3.05, 3.63) is 58.7 Å². The van der Waals surface area contributed by atoms with Gasteiger partial charge in [-0.15, -0.1) is 0 Å². The third-order valence-corrected chi connectivity index (χ3v) is 6.83. The smallest absolute Gasteiger partial charge is 0.217 e. The van der Waals surface area contributed by atoms with Crippen LogP contribution >= 0.6 is 0 Å². The maximum absolute atomic E-state index is 13.7. The Bertz CT molecular complexity index is 1310. The van der Waals surface area contributed by atoms with Crippen molar-refractivity contribution in [1.29, 1.82) is 5.41 Å². The first-order chi connectivity index (χ1) is 16.7. The Hall–Kier alpha value is -3.35. The fourth-order valence-corrected chi connectivity index (χ4v) is 4.78. The van der Waals surface area contributed by atoms with Crippen molar-refractivity contribution < 1.29 is 14.7 Å². The number of phenolic OH excluding ortho intramolecular Hbond substituents is 1. The number of fused-ring (bicyclic) bond motifs is 1. The highest BCUT2D eigenvalue weighted by atomic mass is 16.3. The van der Waals surface area contributed by atoms with E-state index >= 15 is 0 Å². The van der Waals surface area contributed by atoms with Crippen LogP contribution in [-0.2, 0) is 22.2 Å². The number of aromatic hydroxyl groups is 1. The van der Waals surface area contributed by atoms with E-state index in [4.69, 9.17) is 11.1 Å². The average Bonchev–Trinajstić information content (AvgIpc) is 3.04. The Morgan fingerprint density at radius 3 is 2.00 bits per heavy atom. The van der Waals surface area contributed by atoms with Gasteiger partial charge in [0.15, 0.2) is 5.78 Å². The molecule has 0 aliphatic heterocycles. The van der Waals surface area contributed by atoms with Crippen LogP contribution in [0.2, 0.25) is 0 Å². The number of aromatic nitrogens is 2. The van der Waals surface area contributed by atoms with Crippen molar-refractivity contribution in [2.75, 3.05) is 0 Å². The van der Waals surface area contributed by atoms with Crippen LogP contribution in [0.25, 0.3) is 11.0 Å². The van der Waals surface area contributed by atoms with Gasteiger partial charge in [-0.2, -0.15) is 0 Å². The number of nitrogens with zero attached hydrogens (tertiary/aromatic N) is 2. The first-order valence-electron chi connectivity index (χ1n) is 12.6. The monoisotopic (exact) mass is 492 g/mol. The number of amides is 1. The van der Waals surface area contributed by atoms with Crippen LogP contribution in [0.15, 0.2) is 36.4 Å². The lowest BCUT2D eigenvalue weighted by molar-refractivity contribution is -0.118. The number of nitrogens with one attached hydrogen (secondary N) is 1. The lowest BCUT2D eigenvalue weighted by Gasteiger charge is -2.28. The van der Waals surface area contributed by atoms with Gasteiger partial charge in [0.2, 0.25) is 11.5 Å². The molecule has 194 valence electrons. The summed E-state index contributed by atoms with van der Waals surface area (Å²) in [4.78, 5) is 25.1. The predicted molar refractivity (Wildman–Crippen MR) is 143 cm³/mol. The zero-order chi connectivity index (χ0) is 27.0. The summed E-state index contributed by atoms with van der Waals surface area (Å²) >= 11 is 0. The molecule has 0 aliphatic carbocycles. The molecule has 0 radical (unpaired) electrons. The van der Waals surface area contributed by atoms with Gasteiger partial charge in [-0.25, -0.2) is 0 Å². The molecule has 0 aliphatic rings. The van der Waals surface area contributed by atoms with E-state index in [1.165, 1.54) is 0 Å². The number of benzene rings is 2. The number of hydrogen-bond acceptors (Lipinski definition) is 4. The second-order valence-electron chi connectivity index (χ2n) is 11.7. The molecular formula is C29H40N4O3. The van der Waals surface area contributed by atoms with Crippen LogP contribution in [-0.4, -0.2) is 25.9 Å². The highest BCUT2D eigenvalue weighted by Crippen LogP contribution is 2.40. The number of primary amides is 1. The van der Waals surface area contributed by atoms with E-state index in [0.29, 0.717) is 12.0 Å². The van der Waals surface area contributed by atoms with E-state index in [2.05, 4.69) is 0 Å². The largest absolute Gasteiger partial charge is 0.507 e. The minimum atomic E-state index is -0.365. The van der Waals surface area contributed by atoms with Crippen LogP contribution in [0.1, 0.15) is 95.3 Å². The number of carbonyl (C=O) groups excluding carboxylic acids is 2. The number of hydrogen-bond donors (Lipinski definition) is 3. The van der Waals surface area contributed by atoms with Gasteiger partial charge in [0.25, 0.3) is 0 Å². The Kier molecular flexibility index (Phi) is 7.53. The van der Waals surface area contributed by atoms with Crippen molar-refractivity contribution in [3.8, 4) is 5.75 Å². The Labute approximate surface area is 213 Å². The second-order valence-corrected chi connectivity index (χ2v) is 11.7. The summed E-state index contributed by atoms with van der Waals surface area (Å²) in [6.07, 6.45) is 1.50. The summed E-state index contributed by atoms with van der Waals surface area (Å²) < 4.78 is 3.63. The number of carbonyl (C=O) groups is 2. The molecule has 3 aromatic rings. The summed E-state index contributed by atoms with van der Waals surface area (Å²) in [6.45, 7) is 14.1. The normalized spacial score (nSPS) is 13.2. The van der Waals surface area contributed by atoms with Gasteiger partial charge in [0.05, 0.1) is 17.6 Å². The Morgan fingerprint density at radius 2 is 1.53 bits per heavy atom. The number of para-hydroxylation sites is 2. The molecule has 7 heteroatoms. The van der Waals surface area contributed by atoms with Crippen LogP contribution in [0.3, 0.4) is 0 Å². The summed E-state index contributed by atoms with van der Waals surface area (Å²) in [5, 5.41) is 20.0. The van der Waals surface area contributed by atoms with Gasteiger partial charge >= 0.3 is 0 Å². The van der Waals surface area contributed by atoms with Gasteiger partial charge in [-0.05, 0) is 47.9 Å². The minimum absolute atomic E-state index is 0.00343. The predicted octanol–water partition coefficient (Wildman–Crippen LogP) is 5.32. The molecule has 1 atom stereocenters. The fourth-order valence-electron chi connectivity index (χ4n) is 4.78. The van der Waals surface area contributed by atoms with Gasteiger partial charge in [-0.3, -0.25) is 15.0 Å². The molecule has 4 N–H and O–H groups in total. The number of Topliss-reactive ketones (excluding diaryl/α,β-unsaturated/α-hetero) is 1. The highest BCUT2D eigenvalue weighted by molar-refractivity contribution is 5.97. The molecule has 7 nitrogen and oxygen atoms in total. The number of ketones is 1. The number of phenols is 1. The molecule has 2 aromatic carbocycles. The first-order valence-corrected chi connectivity index (χ1v) is 12.6. The van der Waals surface area contributed by atoms with E-state index in [-0.39, 0.29) is 52.9 Å². The Balaban J connectivity index is 2.13. The zero-order valence-corrected chi connectivity index (χ0v) is 22.6. The van der Waals surface area contributed by atoms with E-state index in [9.17, 15) is 14.7 Å². The van der Waals surface area contributed by atoms with Crippen molar-refractivity contribution in [2.45, 2.75) is 91.1 Å². The topological polar surface area (TPSA) is 114 Å². The molecular weight excluding hydrogens is 452 g/mol. The van der Waals surface area contributed by atoms with Gasteiger partial charge in [0.1, 0.15) is 5.75 Å². The molecule has 0 fully saturated rings. The van der Waals surface area contributed by atoms with Gasteiger partial charge < -0.3 is 20.0 Å².